The minimum absolute atomic E-state index is 0.738. The first kappa shape index (κ1) is 13.6. The molecule has 1 heterocycles. The first-order valence-corrected chi connectivity index (χ1v) is 7.61. The van der Waals surface area contributed by atoms with Crippen LogP contribution in [0.1, 0.15) is 4.88 Å². The number of hydrogen-bond donors (Lipinski definition) is 1. The predicted octanol–water partition coefficient (Wildman–Crippen LogP) is 4.18. The first-order valence-electron chi connectivity index (χ1n) is 5.94. The summed E-state index contributed by atoms with van der Waals surface area (Å²) in [6.45, 7) is 2.37. The Morgan fingerprint density at radius 2 is 1.94 bits per heavy atom. The number of anilines is 1. The number of hydrogen-bond acceptors (Lipinski definition) is 3. The molecule has 1 aromatic carbocycles. The summed E-state index contributed by atoms with van der Waals surface area (Å²) in [4.78, 5) is 1.39. The van der Waals surface area contributed by atoms with E-state index in [-0.39, 0.29) is 0 Å². The van der Waals surface area contributed by atoms with Gasteiger partial charge in [0.2, 0.25) is 0 Å². The Morgan fingerprint density at radius 1 is 1.11 bits per heavy atom. The van der Waals surface area contributed by atoms with Crippen LogP contribution in [-0.4, -0.2) is 19.8 Å². The molecule has 0 bridgehead atoms. The van der Waals surface area contributed by atoms with Crippen LogP contribution in [0.2, 0.25) is 0 Å². The second-order valence-corrected chi connectivity index (χ2v) is 5.82. The number of nitrogens with one attached hydrogen (secondary N) is 1. The largest absolute Gasteiger partial charge is 0.383 e. The Balaban J connectivity index is 1.55. The highest BCUT2D eigenvalue weighted by Gasteiger charge is 1.95. The molecule has 2 rings (SSSR count). The van der Waals surface area contributed by atoms with E-state index in [9.17, 15) is 0 Å². The lowest BCUT2D eigenvalue weighted by molar-refractivity contribution is 0.147. The van der Waals surface area contributed by atoms with Crippen LogP contribution in [0.5, 0.6) is 0 Å². The Bertz CT molecular complexity index is 441. The number of ether oxygens (including phenoxy) is 1. The predicted molar refractivity (Wildman–Crippen MR) is 81.5 cm³/mol. The zero-order valence-electron chi connectivity index (χ0n) is 10.1. The summed E-state index contributed by atoms with van der Waals surface area (Å²) in [6.07, 6.45) is 1.01. The summed E-state index contributed by atoms with van der Waals surface area (Å²) >= 11 is 5.20. The second kappa shape index (κ2) is 7.56. The van der Waals surface area contributed by atoms with E-state index in [1.165, 1.54) is 4.88 Å². The van der Waals surface area contributed by atoms with Crippen LogP contribution in [0, 0.1) is 0 Å². The lowest BCUT2D eigenvalue weighted by atomic mass is 10.3. The molecular formula is C14H16BrNOS. The van der Waals surface area contributed by atoms with Crippen LogP contribution in [0.25, 0.3) is 0 Å². The Labute approximate surface area is 120 Å². The van der Waals surface area contributed by atoms with Crippen LogP contribution in [0.15, 0.2) is 46.3 Å². The summed E-state index contributed by atoms with van der Waals surface area (Å²) in [6, 6.07) is 12.4. The molecule has 0 radical (unpaired) electrons. The van der Waals surface area contributed by atoms with E-state index >= 15 is 0 Å². The molecule has 96 valence electrons. The third kappa shape index (κ3) is 4.80. The van der Waals surface area contributed by atoms with E-state index in [1.807, 2.05) is 12.1 Å². The quantitative estimate of drug-likeness (QED) is 0.771. The van der Waals surface area contributed by atoms with Crippen molar-refractivity contribution in [2.45, 2.75) is 6.42 Å². The van der Waals surface area contributed by atoms with Crippen molar-refractivity contribution in [3.05, 3.63) is 51.1 Å². The highest BCUT2D eigenvalue weighted by Crippen LogP contribution is 2.13. The fraction of sp³-hybridized carbons (Fsp3) is 0.286. The third-order valence-electron chi connectivity index (χ3n) is 2.49. The number of halogens is 1. The molecule has 2 nitrogen and oxygen atoms in total. The molecule has 4 heteroatoms. The summed E-state index contributed by atoms with van der Waals surface area (Å²) in [5.41, 5.74) is 1.13. The monoisotopic (exact) mass is 325 g/mol. The van der Waals surface area contributed by atoms with Crippen molar-refractivity contribution in [3.8, 4) is 0 Å². The lowest BCUT2D eigenvalue weighted by Gasteiger charge is -2.07. The molecule has 0 aliphatic heterocycles. The van der Waals surface area contributed by atoms with Crippen LogP contribution in [-0.2, 0) is 11.2 Å². The molecule has 0 aliphatic carbocycles. The molecular weight excluding hydrogens is 310 g/mol. The van der Waals surface area contributed by atoms with Crippen LogP contribution in [0.4, 0.5) is 5.69 Å². The van der Waals surface area contributed by atoms with Crippen molar-refractivity contribution in [2.24, 2.45) is 0 Å². The minimum Gasteiger partial charge on any atom is -0.383 e. The minimum atomic E-state index is 0.738. The molecule has 0 aliphatic rings. The third-order valence-corrected chi connectivity index (χ3v) is 3.96. The molecule has 2 aromatic rings. The molecule has 0 spiro atoms. The van der Waals surface area contributed by atoms with Crippen molar-refractivity contribution in [1.29, 1.82) is 0 Å². The van der Waals surface area contributed by atoms with Crippen LogP contribution in [0.3, 0.4) is 0 Å². The van der Waals surface area contributed by atoms with Gasteiger partial charge in [-0.1, -0.05) is 22.0 Å². The fourth-order valence-corrected chi connectivity index (χ4v) is 2.52. The van der Waals surface area contributed by atoms with Crippen LogP contribution >= 0.6 is 27.3 Å². The summed E-state index contributed by atoms with van der Waals surface area (Å²) < 4.78 is 6.68. The maximum atomic E-state index is 5.59. The van der Waals surface area contributed by atoms with Gasteiger partial charge < -0.3 is 10.1 Å². The van der Waals surface area contributed by atoms with Crippen molar-refractivity contribution in [3.63, 3.8) is 0 Å². The maximum Gasteiger partial charge on any atom is 0.0639 e. The summed E-state index contributed by atoms with van der Waals surface area (Å²) in [5, 5.41) is 5.42. The molecule has 0 atom stereocenters. The van der Waals surface area contributed by atoms with Crippen molar-refractivity contribution in [2.75, 3.05) is 25.1 Å². The molecule has 18 heavy (non-hydrogen) atoms. The summed E-state index contributed by atoms with van der Waals surface area (Å²) in [7, 11) is 0. The molecule has 0 saturated heterocycles. The van der Waals surface area contributed by atoms with Crippen LogP contribution < -0.4 is 5.32 Å². The number of benzene rings is 1. The zero-order valence-corrected chi connectivity index (χ0v) is 12.5. The van der Waals surface area contributed by atoms with Crippen molar-refractivity contribution >= 4 is 33.0 Å². The number of thiophene rings is 1. The van der Waals surface area contributed by atoms with Gasteiger partial charge in [-0.2, -0.15) is 0 Å². The lowest BCUT2D eigenvalue weighted by Crippen LogP contribution is -2.10. The molecule has 0 saturated carbocycles. The second-order valence-electron chi connectivity index (χ2n) is 3.88. The topological polar surface area (TPSA) is 21.3 Å². The van der Waals surface area contributed by atoms with Crippen molar-refractivity contribution < 1.29 is 4.74 Å². The van der Waals surface area contributed by atoms with Crippen molar-refractivity contribution in [1.82, 2.24) is 0 Å². The van der Waals surface area contributed by atoms with E-state index in [4.69, 9.17) is 4.74 Å². The van der Waals surface area contributed by atoms with Gasteiger partial charge in [0.05, 0.1) is 13.2 Å². The Hall–Kier alpha value is -0.840. The molecule has 1 aromatic heterocycles. The maximum absolute atomic E-state index is 5.59. The Morgan fingerprint density at radius 3 is 2.67 bits per heavy atom. The SMILES string of the molecule is Brc1ccc(NCCOCCc2cccs2)cc1. The number of rotatable bonds is 7. The molecule has 0 fully saturated rings. The van der Waals surface area contributed by atoms with Gasteiger partial charge in [0, 0.05) is 28.0 Å². The van der Waals surface area contributed by atoms with Gasteiger partial charge in [-0.15, -0.1) is 11.3 Å². The van der Waals surface area contributed by atoms with Gasteiger partial charge in [0.1, 0.15) is 0 Å². The standard InChI is InChI=1S/C14H16BrNOS/c15-12-3-5-13(6-4-12)16-8-10-17-9-7-14-2-1-11-18-14/h1-6,11,16H,7-10H2. The van der Waals surface area contributed by atoms with E-state index in [2.05, 4.69) is 50.9 Å². The zero-order chi connectivity index (χ0) is 12.6. The van der Waals surface area contributed by atoms with Gasteiger partial charge in [-0.25, -0.2) is 0 Å². The Kier molecular flexibility index (Phi) is 5.71. The highest BCUT2D eigenvalue weighted by atomic mass is 79.9. The van der Waals surface area contributed by atoms with Gasteiger partial charge in [-0.05, 0) is 35.7 Å². The average Bonchev–Trinajstić information content (AvgIpc) is 2.89. The van der Waals surface area contributed by atoms with E-state index in [1.54, 1.807) is 11.3 Å². The van der Waals surface area contributed by atoms with Gasteiger partial charge in [0.15, 0.2) is 0 Å². The van der Waals surface area contributed by atoms with E-state index in [0.29, 0.717) is 0 Å². The van der Waals surface area contributed by atoms with Gasteiger partial charge >= 0.3 is 0 Å². The highest BCUT2D eigenvalue weighted by molar-refractivity contribution is 9.10. The molecule has 0 amide bonds. The normalized spacial score (nSPS) is 10.5. The summed E-state index contributed by atoms with van der Waals surface area (Å²) in [5.74, 6) is 0. The molecule has 1 N–H and O–H groups in total. The first-order chi connectivity index (χ1) is 8.84. The molecule has 0 unspecified atom stereocenters. The van der Waals surface area contributed by atoms with Gasteiger partial charge in [0.25, 0.3) is 0 Å². The smallest absolute Gasteiger partial charge is 0.0639 e. The average molecular weight is 326 g/mol. The van der Waals surface area contributed by atoms with Gasteiger partial charge in [-0.3, -0.25) is 0 Å². The van der Waals surface area contributed by atoms with E-state index in [0.717, 1.165) is 36.3 Å². The van der Waals surface area contributed by atoms with E-state index < -0.39 is 0 Å². The fourth-order valence-electron chi connectivity index (χ4n) is 1.56.